The first-order valence-electron chi connectivity index (χ1n) is 8.41. The highest BCUT2D eigenvalue weighted by Crippen LogP contribution is 2.32. The van der Waals surface area contributed by atoms with Gasteiger partial charge in [0.1, 0.15) is 19.8 Å². The molecule has 2 amide bonds. The number of likely N-dealkylation sites (N-methyl/N-ethyl adjacent to an activating group) is 1. The van der Waals surface area contributed by atoms with Gasteiger partial charge in [0.25, 0.3) is 5.91 Å². The van der Waals surface area contributed by atoms with E-state index in [-0.39, 0.29) is 18.7 Å². The predicted octanol–water partition coefficient (Wildman–Crippen LogP) is 2.84. The maximum Gasteiger partial charge on any atom is 0.254 e. The number of carbonyl (C=O) groups is 2. The minimum atomic E-state index is -1.11. The molecule has 3 rings (SSSR count). The van der Waals surface area contributed by atoms with Crippen LogP contribution in [-0.4, -0.2) is 43.0 Å². The Morgan fingerprint density at radius 3 is 2.48 bits per heavy atom. The Hall–Kier alpha value is -3.16. The summed E-state index contributed by atoms with van der Waals surface area (Å²) in [4.78, 5) is 26.0. The molecular weight excluding hydrogens is 358 g/mol. The molecule has 0 aromatic heterocycles. The van der Waals surface area contributed by atoms with E-state index in [1.807, 2.05) is 0 Å². The van der Waals surface area contributed by atoms with Gasteiger partial charge in [-0.25, -0.2) is 8.78 Å². The highest BCUT2D eigenvalue weighted by Gasteiger charge is 2.19. The largest absolute Gasteiger partial charge is 0.486 e. The van der Waals surface area contributed by atoms with Crippen molar-refractivity contribution in [1.29, 1.82) is 0 Å². The van der Waals surface area contributed by atoms with Gasteiger partial charge in [0.05, 0.1) is 0 Å². The lowest BCUT2D eigenvalue weighted by Gasteiger charge is -2.21. The van der Waals surface area contributed by atoms with E-state index in [1.54, 1.807) is 25.1 Å². The fourth-order valence-electron chi connectivity index (χ4n) is 2.63. The van der Waals surface area contributed by atoms with Crippen LogP contribution in [0.25, 0.3) is 0 Å². The molecule has 0 radical (unpaired) electrons. The summed E-state index contributed by atoms with van der Waals surface area (Å²) in [7, 11) is 0. The van der Waals surface area contributed by atoms with Gasteiger partial charge >= 0.3 is 0 Å². The number of amides is 2. The quantitative estimate of drug-likeness (QED) is 0.871. The van der Waals surface area contributed by atoms with E-state index in [0.717, 1.165) is 12.1 Å². The first kappa shape index (κ1) is 18.6. The van der Waals surface area contributed by atoms with Gasteiger partial charge < -0.3 is 19.7 Å². The smallest absolute Gasteiger partial charge is 0.254 e. The van der Waals surface area contributed by atoms with E-state index in [0.29, 0.717) is 30.4 Å². The molecule has 0 unspecified atom stereocenters. The number of anilines is 1. The number of hydrogen-bond donors (Lipinski definition) is 1. The number of fused-ring (bicyclic) bond motifs is 1. The summed E-state index contributed by atoms with van der Waals surface area (Å²) in [5.41, 5.74) is 0.475. The minimum absolute atomic E-state index is 0.0251. The van der Waals surface area contributed by atoms with Crippen molar-refractivity contribution in [2.24, 2.45) is 0 Å². The van der Waals surface area contributed by atoms with Gasteiger partial charge in [0.15, 0.2) is 23.1 Å². The Kier molecular flexibility index (Phi) is 5.54. The van der Waals surface area contributed by atoms with Crippen molar-refractivity contribution >= 4 is 17.5 Å². The molecule has 0 saturated carbocycles. The lowest BCUT2D eigenvalue weighted by atomic mass is 10.2. The number of benzene rings is 2. The Balaban J connectivity index is 1.66. The van der Waals surface area contributed by atoms with Crippen molar-refractivity contribution in [2.45, 2.75) is 6.92 Å². The van der Waals surface area contributed by atoms with Crippen LogP contribution in [0.1, 0.15) is 17.3 Å². The first-order chi connectivity index (χ1) is 13.0. The number of carbonyl (C=O) groups excluding carboxylic acids is 2. The van der Waals surface area contributed by atoms with E-state index in [9.17, 15) is 18.4 Å². The number of hydrogen-bond acceptors (Lipinski definition) is 4. The summed E-state index contributed by atoms with van der Waals surface area (Å²) in [6, 6.07) is 7.87. The third-order valence-corrected chi connectivity index (χ3v) is 4.00. The number of rotatable bonds is 5. The van der Waals surface area contributed by atoms with Crippen LogP contribution in [0, 0.1) is 11.6 Å². The van der Waals surface area contributed by atoms with Gasteiger partial charge in [-0.2, -0.15) is 0 Å². The van der Waals surface area contributed by atoms with Crippen LogP contribution in [0.2, 0.25) is 0 Å². The Morgan fingerprint density at radius 2 is 1.78 bits per heavy atom. The fraction of sp³-hybridized carbons (Fsp3) is 0.263. The lowest BCUT2D eigenvalue weighted by molar-refractivity contribution is -0.116. The lowest BCUT2D eigenvalue weighted by Crippen LogP contribution is -2.38. The molecule has 1 heterocycles. The molecule has 2 aromatic rings. The predicted molar refractivity (Wildman–Crippen MR) is 94.0 cm³/mol. The van der Waals surface area contributed by atoms with Gasteiger partial charge in [0.2, 0.25) is 5.91 Å². The molecule has 1 aliphatic heterocycles. The molecule has 0 fully saturated rings. The van der Waals surface area contributed by atoms with Gasteiger partial charge in [-0.05, 0) is 37.3 Å². The normalized spacial score (nSPS) is 12.4. The molecule has 1 aliphatic rings. The standard InChI is InChI=1S/C19H18F2N2O4/c1-2-23(19(25)12-3-5-14(20)15(21)9-12)11-18(24)22-13-4-6-16-17(10-13)27-8-7-26-16/h3-6,9-10H,2,7-8,11H2,1H3,(H,22,24). The summed E-state index contributed by atoms with van der Waals surface area (Å²) in [5.74, 6) is -2.01. The van der Waals surface area contributed by atoms with Crippen molar-refractivity contribution < 1.29 is 27.8 Å². The highest BCUT2D eigenvalue weighted by molar-refractivity contribution is 5.99. The second-order valence-corrected chi connectivity index (χ2v) is 5.85. The van der Waals surface area contributed by atoms with E-state index in [1.165, 1.54) is 11.0 Å². The third-order valence-electron chi connectivity index (χ3n) is 4.00. The van der Waals surface area contributed by atoms with Gasteiger partial charge in [-0.1, -0.05) is 0 Å². The van der Waals surface area contributed by atoms with Crippen LogP contribution in [0.15, 0.2) is 36.4 Å². The van der Waals surface area contributed by atoms with Crippen LogP contribution >= 0.6 is 0 Å². The molecule has 0 atom stereocenters. The van der Waals surface area contributed by atoms with Gasteiger partial charge in [-0.15, -0.1) is 0 Å². The van der Waals surface area contributed by atoms with Gasteiger partial charge in [0, 0.05) is 23.9 Å². The first-order valence-corrected chi connectivity index (χ1v) is 8.41. The second-order valence-electron chi connectivity index (χ2n) is 5.85. The van der Waals surface area contributed by atoms with Crippen molar-refractivity contribution in [3.63, 3.8) is 0 Å². The molecule has 0 saturated heterocycles. The zero-order valence-electron chi connectivity index (χ0n) is 14.6. The Morgan fingerprint density at radius 1 is 1.04 bits per heavy atom. The molecule has 0 spiro atoms. The average molecular weight is 376 g/mol. The van der Waals surface area contributed by atoms with E-state index in [2.05, 4.69) is 5.32 Å². The van der Waals surface area contributed by atoms with Crippen molar-refractivity contribution in [3.8, 4) is 11.5 Å². The zero-order valence-corrected chi connectivity index (χ0v) is 14.6. The summed E-state index contributed by atoms with van der Waals surface area (Å²) in [6.45, 7) is 2.58. The molecule has 0 aliphatic carbocycles. The molecule has 0 bridgehead atoms. The topological polar surface area (TPSA) is 67.9 Å². The monoisotopic (exact) mass is 376 g/mol. The minimum Gasteiger partial charge on any atom is -0.486 e. The average Bonchev–Trinajstić information content (AvgIpc) is 2.67. The number of nitrogens with one attached hydrogen (secondary N) is 1. The summed E-state index contributed by atoms with van der Waals surface area (Å²) in [6.07, 6.45) is 0. The third kappa shape index (κ3) is 4.33. The van der Waals surface area contributed by atoms with Crippen molar-refractivity contribution in [3.05, 3.63) is 53.6 Å². The zero-order chi connectivity index (χ0) is 19.4. The van der Waals surface area contributed by atoms with Crippen molar-refractivity contribution in [2.75, 3.05) is 31.6 Å². The Labute approximate surface area is 154 Å². The van der Waals surface area contributed by atoms with Crippen LogP contribution < -0.4 is 14.8 Å². The van der Waals surface area contributed by atoms with E-state index >= 15 is 0 Å². The number of nitrogens with zero attached hydrogens (tertiary/aromatic N) is 1. The van der Waals surface area contributed by atoms with Gasteiger partial charge in [-0.3, -0.25) is 9.59 Å². The summed E-state index contributed by atoms with van der Waals surface area (Å²) in [5, 5.41) is 2.68. The summed E-state index contributed by atoms with van der Waals surface area (Å²) >= 11 is 0. The summed E-state index contributed by atoms with van der Waals surface area (Å²) < 4.78 is 37.3. The van der Waals surface area contributed by atoms with Crippen LogP contribution in [-0.2, 0) is 4.79 Å². The number of ether oxygens (including phenoxy) is 2. The molecule has 8 heteroatoms. The second kappa shape index (κ2) is 8.03. The molecular formula is C19H18F2N2O4. The van der Waals surface area contributed by atoms with Crippen LogP contribution in [0.3, 0.4) is 0 Å². The maximum absolute atomic E-state index is 13.3. The highest BCUT2D eigenvalue weighted by atomic mass is 19.2. The van der Waals surface area contributed by atoms with E-state index < -0.39 is 23.4 Å². The van der Waals surface area contributed by atoms with E-state index in [4.69, 9.17) is 9.47 Å². The fourth-order valence-corrected chi connectivity index (χ4v) is 2.63. The Bertz CT molecular complexity index is 873. The molecule has 27 heavy (non-hydrogen) atoms. The molecule has 6 nitrogen and oxygen atoms in total. The van der Waals surface area contributed by atoms with Crippen LogP contribution in [0.5, 0.6) is 11.5 Å². The van der Waals surface area contributed by atoms with Crippen molar-refractivity contribution in [1.82, 2.24) is 4.90 Å². The molecule has 2 aromatic carbocycles. The SMILES string of the molecule is CCN(CC(=O)Nc1ccc2c(c1)OCCO2)C(=O)c1ccc(F)c(F)c1. The van der Waals surface area contributed by atoms with Crippen LogP contribution in [0.4, 0.5) is 14.5 Å². The molecule has 1 N–H and O–H groups in total. The number of halogens is 2. The molecule has 142 valence electrons. The maximum atomic E-state index is 13.3.